The first-order valence-corrected chi connectivity index (χ1v) is 6.08. The molecule has 0 aliphatic carbocycles. The minimum Gasteiger partial charge on any atom is -0.387 e. The summed E-state index contributed by atoms with van der Waals surface area (Å²) in [5.41, 5.74) is 0.791. The molecule has 0 fully saturated rings. The Hall–Kier alpha value is -1.23. The Labute approximate surface area is 90.1 Å². The smallest absolute Gasteiger partial charge is 0.177 e. The van der Waals surface area contributed by atoms with Gasteiger partial charge in [-0.2, -0.15) is 0 Å². The molecule has 1 rings (SSSR count). The molecular weight excluding hydrogens is 217 g/mol. The Balaban J connectivity index is 3.02. The summed E-state index contributed by atoms with van der Waals surface area (Å²) in [4.78, 5) is 11.6. The van der Waals surface area contributed by atoms with Crippen LogP contribution in [0.5, 0.6) is 0 Å². The second kappa shape index (κ2) is 5.02. The topological polar surface area (TPSA) is 46.2 Å². The highest BCUT2D eigenvalue weighted by molar-refractivity contribution is 7.85. The number of carbonyl (C=O) groups is 1. The van der Waals surface area contributed by atoms with Gasteiger partial charge >= 0.3 is 0 Å². The summed E-state index contributed by atoms with van der Waals surface area (Å²) in [5.74, 6) is -0.700. The van der Waals surface area contributed by atoms with Gasteiger partial charge in [-0.25, -0.2) is 4.39 Å². The van der Waals surface area contributed by atoms with E-state index in [1.807, 2.05) is 0 Å². The molecule has 1 N–H and O–H groups in total. The minimum atomic E-state index is -1.18. The number of carbonyl (C=O) groups excluding carboxylic acids is 1. The predicted octanol–water partition coefficient (Wildman–Crippen LogP) is 1.43. The highest BCUT2D eigenvalue weighted by Crippen LogP contribution is 2.17. The monoisotopic (exact) mass is 229 g/mol. The molecule has 0 radical (unpaired) electrons. The number of Topliss-reactive ketones (excluding diaryl/α,β-unsaturated/α-hetero) is 1. The van der Waals surface area contributed by atoms with Crippen LogP contribution < -0.4 is 5.32 Å². The summed E-state index contributed by atoms with van der Waals surface area (Å²) in [6.45, 7) is 0. The van der Waals surface area contributed by atoms with Crippen LogP contribution in [0.15, 0.2) is 18.2 Å². The van der Waals surface area contributed by atoms with E-state index in [0.29, 0.717) is 11.3 Å². The van der Waals surface area contributed by atoms with E-state index in [1.165, 1.54) is 24.5 Å². The Kier molecular flexibility index (Phi) is 3.96. The normalized spacial score (nSPS) is 12.2. The third kappa shape index (κ3) is 3.13. The maximum atomic E-state index is 12.8. The molecule has 0 saturated carbocycles. The summed E-state index contributed by atoms with van der Waals surface area (Å²) in [6.07, 6.45) is 1.46. The van der Waals surface area contributed by atoms with Crippen molar-refractivity contribution in [2.75, 3.05) is 24.4 Å². The molecule has 0 amide bonds. The number of nitrogens with one attached hydrogen (secondary N) is 1. The van der Waals surface area contributed by atoms with Crippen LogP contribution in [0.1, 0.15) is 10.4 Å². The quantitative estimate of drug-likeness (QED) is 0.794. The fraction of sp³-hybridized carbons (Fsp3) is 0.300. The Morgan fingerprint density at radius 2 is 2.20 bits per heavy atom. The molecule has 0 aliphatic rings. The van der Waals surface area contributed by atoms with E-state index in [1.54, 1.807) is 7.05 Å². The van der Waals surface area contributed by atoms with Gasteiger partial charge in [0.15, 0.2) is 5.78 Å². The van der Waals surface area contributed by atoms with Crippen molar-refractivity contribution >= 4 is 22.3 Å². The van der Waals surface area contributed by atoms with Gasteiger partial charge in [-0.05, 0) is 18.2 Å². The zero-order chi connectivity index (χ0) is 11.4. The third-order valence-corrected chi connectivity index (χ3v) is 2.55. The van der Waals surface area contributed by atoms with Crippen molar-refractivity contribution in [3.8, 4) is 0 Å². The summed E-state index contributed by atoms with van der Waals surface area (Å²) >= 11 is 0. The third-order valence-electron chi connectivity index (χ3n) is 1.89. The van der Waals surface area contributed by atoms with Gasteiger partial charge < -0.3 is 5.32 Å². The first-order valence-electron chi connectivity index (χ1n) is 4.35. The van der Waals surface area contributed by atoms with Crippen LogP contribution in [-0.2, 0) is 10.8 Å². The lowest BCUT2D eigenvalue weighted by Crippen LogP contribution is -2.12. The lowest BCUT2D eigenvalue weighted by molar-refractivity contribution is 0.102. The Morgan fingerprint density at radius 1 is 1.53 bits per heavy atom. The molecule has 0 aliphatic heterocycles. The van der Waals surface area contributed by atoms with Gasteiger partial charge in [0.25, 0.3) is 0 Å². The molecule has 0 saturated heterocycles. The van der Waals surface area contributed by atoms with E-state index >= 15 is 0 Å². The second-order valence-electron chi connectivity index (χ2n) is 3.08. The zero-order valence-corrected chi connectivity index (χ0v) is 9.36. The molecule has 5 heteroatoms. The van der Waals surface area contributed by atoms with Gasteiger partial charge in [0.1, 0.15) is 5.82 Å². The van der Waals surface area contributed by atoms with E-state index < -0.39 is 16.6 Å². The Morgan fingerprint density at radius 3 is 2.73 bits per heavy atom. The second-order valence-corrected chi connectivity index (χ2v) is 4.52. The number of anilines is 1. The summed E-state index contributed by atoms with van der Waals surface area (Å²) in [6, 6.07) is 3.86. The maximum absolute atomic E-state index is 12.8. The van der Waals surface area contributed by atoms with Crippen LogP contribution in [0.3, 0.4) is 0 Å². The average Bonchev–Trinajstić information content (AvgIpc) is 2.16. The minimum absolute atomic E-state index is 0.0414. The SMILES string of the molecule is CNc1cc(F)ccc1C(=O)CS(C)=O. The van der Waals surface area contributed by atoms with Crippen LogP contribution in [-0.4, -0.2) is 29.0 Å². The fourth-order valence-electron chi connectivity index (χ4n) is 1.23. The number of halogens is 1. The molecule has 82 valence electrons. The number of hydrogen-bond acceptors (Lipinski definition) is 3. The van der Waals surface area contributed by atoms with Crippen LogP contribution in [0.25, 0.3) is 0 Å². The summed E-state index contributed by atoms with van der Waals surface area (Å²) in [7, 11) is 0.423. The molecule has 0 bridgehead atoms. The Bertz CT molecular complexity index is 406. The van der Waals surface area contributed by atoms with Crippen molar-refractivity contribution in [2.24, 2.45) is 0 Å². The number of ketones is 1. The van der Waals surface area contributed by atoms with Gasteiger partial charge in [0.2, 0.25) is 0 Å². The highest BCUT2D eigenvalue weighted by atomic mass is 32.2. The fourth-order valence-corrected chi connectivity index (χ4v) is 1.75. The molecule has 1 atom stereocenters. The highest BCUT2D eigenvalue weighted by Gasteiger charge is 2.12. The number of rotatable bonds is 4. The van der Waals surface area contributed by atoms with Crippen LogP contribution in [0, 0.1) is 5.82 Å². The first kappa shape index (κ1) is 11.8. The molecule has 1 unspecified atom stereocenters. The first-order chi connectivity index (χ1) is 7.04. The van der Waals surface area contributed by atoms with E-state index in [-0.39, 0.29) is 11.5 Å². The van der Waals surface area contributed by atoms with Crippen molar-refractivity contribution in [1.29, 1.82) is 0 Å². The predicted molar refractivity (Wildman–Crippen MR) is 59.2 cm³/mol. The molecule has 1 aromatic carbocycles. The largest absolute Gasteiger partial charge is 0.387 e. The molecule has 0 spiro atoms. The van der Waals surface area contributed by atoms with Gasteiger partial charge in [-0.3, -0.25) is 9.00 Å². The maximum Gasteiger partial charge on any atom is 0.177 e. The van der Waals surface area contributed by atoms with Crippen molar-refractivity contribution < 1.29 is 13.4 Å². The molecule has 15 heavy (non-hydrogen) atoms. The van der Waals surface area contributed by atoms with Gasteiger partial charge in [-0.1, -0.05) is 0 Å². The van der Waals surface area contributed by atoms with Gasteiger partial charge in [0.05, 0.1) is 5.75 Å². The number of benzene rings is 1. The molecule has 3 nitrogen and oxygen atoms in total. The van der Waals surface area contributed by atoms with Crippen molar-refractivity contribution in [1.82, 2.24) is 0 Å². The van der Waals surface area contributed by atoms with Crippen LogP contribution in [0.2, 0.25) is 0 Å². The lowest BCUT2D eigenvalue weighted by Gasteiger charge is -2.07. The molecular formula is C10H12FNO2S. The van der Waals surface area contributed by atoms with Crippen molar-refractivity contribution in [2.45, 2.75) is 0 Å². The zero-order valence-electron chi connectivity index (χ0n) is 8.54. The molecule has 1 aromatic rings. The van der Waals surface area contributed by atoms with Crippen molar-refractivity contribution in [3.63, 3.8) is 0 Å². The molecule has 0 heterocycles. The van der Waals surface area contributed by atoms with Gasteiger partial charge in [0, 0.05) is 35.4 Å². The summed E-state index contributed by atoms with van der Waals surface area (Å²) < 4.78 is 23.7. The van der Waals surface area contributed by atoms with Crippen molar-refractivity contribution in [3.05, 3.63) is 29.6 Å². The summed E-state index contributed by atoms with van der Waals surface area (Å²) in [5, 5.41) is 2.73. The number of hydrogen-bond donors (Lipinski definition) is 1. The standard InChI is InChI=1S/C10H12FNO2S/c1-12-9-5-7(11)3-4-8(9)10(13)6-15(2)14/h3-5,12H,6H2,1-2H3. The van der Waals surface area contributed by atoms with E-state index in [2.05, 4.69) is 5.32 Å². The van der Waals surface area contributed by atoms with E-state index in [0.717, 1.165) is 0 Å². The van der Waals surface area contributed by atoms with Crippen LogP contribution >= 0.6 is 0 Å². The van der Waals surface area contributed by atoms with E-state index in [4.69, 9.17) is 0 Å². The lowest BCUT2D eigenvalue weighted by atomic mass is 10.1. The van der Waals surface area contributed by atoms with E-state index in [9.17, 15) is 13.4 Å². The van der Waals surface area contributed by atoms with Crippen LogP contribution in [0.4, 0.5) is 10.1 Å². The average molecular weight is 229 g/mol. The van der Waals surface area contributed by atoms with Gasteiger partial charge in [-0.15, -0.1) is 0 Å². The molecule has 0 aromatic heterocycles.